The van der Waals surface area contributed by atoms with Gasteiger partial charge in [0.1, 0.15) is 0 Å². The van der Waals surface area contributed by atoms with Crippen molar-refractivity contribution in [1.82, 2.24) is 5.32 Å². The van der Waals surface area contributed by atoms with Gasteiger partial charge >= 0.3 is 5.97 Å². The molecule has 1 amide bonds. The first-order valence-corrected chi connectivity index (χ1v) is 6.32. The molecule has 0 radical (unpaired) electrons. The van der Waals surface area contributed by atoms with Gasteiger partial charge in [0.25, 0.3) is 0 Å². The lowest BCUT2D eigenvalue weighted by Gasteiger charge is -2.18. The maximum atomic E-state index is 11.8. The highest BCUT2D eigenvalue weighted by molar-refractivity contribution is 6.31. The van der Waals surface area contributed by atoms with Crippen LogP contribution in [0.4, 0.5) is 0 Å². The summed E-state index contributed by atoms with van der Waals surface area (Å²) in [6.07, 6.45) is 0. The van der Waals surface area contributed by atoms with Crippen molar-refractivity contribution >= 4 is 23.5 Å². The summed E-state index contributed by atoms with van der Waals surface area (Å²) in [5, 5.41) is 3.17. The van der Waals surface area contributed by atoms with Gasteiger partial charge in [0, 0.05) is 5.02 Å². The number of nitrogens with two attached hydrogens (primary N) is 1. The number of esters is 1. The van der Waals surface area contributed by atoms with Gasteiger partial charge in [-0.15, -0.1) is 0 Å². The molecule has 6 heteroatoms. The Morgan fingerprint density at radius 3 is 2.63 bits per heavy atom. The molecule has 0 fully saturated rings. The normalized spacial score (nSPS) is 13.5. The predicted molar refractivity (Wildman–Crippen MR) is 72.6 cm³/mol. The highest BCUT2D eigenvalue weighted by Crippen LogP contribution is 2.21. The molecule has 0 aliphatic carbocycles. The van der Waals surface area contributed by atoms with Gasteiger partial charge in [-0.1, -0.05) is 29.8 Å². The van der Waals surface area contributed by atoms with Crippen molar-refractivity contribution in [2.75, 3.05) is 6.61 Å². The van der Waals surface area contributed by atoms with E-state index in [0.29, 0.717) is 5.02 Å². The average Bonchev–Trinajstić information content (AvgIpc) is 2.38. The predicted octanol–water partition coefficient (Wildman–Crippen LogP) is 1.41. The van der Waals surface area contributed by atoms with Gasteiger partial charge in [0.15, 0.2) is 6.04 Å². The quantitative estimate of drug-likeness (QED) is 0.633. The number of nitrogens with one attached hydrogen (secondary N) is 1. The van der Waals surface area contributed by atoms with Crippen LogP contribution in [0.5, 0.6) is 0 Å². The molecule has 0 saturated heterocycles. The topological polar surface area (TPSA) is 81.4 Å². The Bertz CT molecular complexity index is 465. The van der Waals surface area contributed by atoms with E-state index in [1.807, 2.05) is 6.07 Å². The van der Waals surface area contributed by atoms with Gasteiger partial charge in [0.05, 0.1) is 12.6 Å². The lowest BCUT2D eigenvalue weighted by Crippen LogP contribution is -2.47. The van der Waals surface area contributed by atoms with Crippen molar-refractivity contribution in [3.8, 4) is 0 Å². The number of carbonyl (C=O) groups is 2. The molecular formula is C13H17ClN2O3. The zero-order valence-electron chi connectivity index (χ0n) is 10.9. The lowest BCUT2D eigenvalue weighted by molar-refractivity contribution is -0.148. The number of halogens is 1. The molecule has 5 nitrogen and oxygen atoms in total. The lowest BCUT2D eigenvalue weighted by atomic mass is 10.1. The summed E-state index contributed by atoms with van der Waals surface area (Å²) >= 11 is 6.02. The SMILES string of the molecule is CCOC(=O)C(N)C(=O)NC(C)c1ccccc1Cl. The second-order valence-corrected chi connectivity index (χ2v) is 4.39. The number of ether oxygens (including phenoxy) is 1. The summed E-state index contributed by atoms with van der Waals surface area (Å²) in [6.45, 7) is 3.59. The van der Waals surface area contributed by atoms with Crippen LogP contribution in [-0.2, 0) is 14.3 Å². The van der Waals surface area contributed by atoms with Crippen LogP contribution in [0, 0.1) is 0 Å². The number of benzene rings is 1. The van der Waals surface area contributed by atoms with Crippen molar-refractivity contribution < 1.29 is 14.3 Å². The summed E-state index contributed by atoms with van der Waals surface area (Å²) < 4.78 is 4.68. The first-order chi connectivity index (χ1) is 8.97. The Morgan fingerprint density at radius 1 is 1.42 bits per heavy atom. The Balaban J connectivity index is 2.67. The van der Waals surface area contributed by atoms with Crippen LogP contribution in [0.3, 0.4) is 0 Å². The van der Waals surface area contributed by atoms with Gasteiger partial charge in [-0.2, -0.15) is 0 Å². The van der Waals surface area contributed by atoms with E-state index in [1.165, 1.54) is 0 Å². The molecule has 2 unspecified atom stereocenters. The second-order valence-electron chi connectivity index (χ2n) is 3.98. The third-order valence-corrected chi connectivity index (χ3v) is 2.90. The van der Waals surface area contributed by atoms with Crippen LogP contribution < -0.4 is 11.1 Å². The molecule has 3 N–H and O–H groups in total. The fourth-order valence-electron chi connectivity index (χ4n) is 1.55. The third kappa shape index (κ3) is 4.22. The van der Waals surface area contributed by atoms with E-state index >= 15 is 0 Å². The number of hydrogen-bond acceptors (Lipinski definition) is 4. The molecule has 0 aliphatic heterocycles. The minimum Gasteiger partial charge on any atom is -0.464 e. The molecule has 104 valence electrons. The minimum atomic E-state index is -1.33. The first kappa shape index (κ1) is 15.5. The highest BCUT2D eigenvalue weighted by Gasteiger charge is 2.25. The third-order valence-electron chi connectivity index (χ3n) is 2.55. The van der Waals surface area contributed by atoms with E-state index in [0.717, 1.165) is 5.56 Å². The van der Waals surface area contributed by atoms with E-state index in [9.17, 15) is 9.59 Å². The summed E-state index contributed by atoms with van der Waals surface area (Å²) in [5.74, 6) is -1.34. The molecule has 0 saturated carbocycles. The molecular weight excluding hydrogens is 268 g/mol. The summed E-state index contributed by atoms with van der Waals surface area (Å²) in [5.41, 5.74) is 6.25. The van der Waals surface area contributed by atoms with Crippen molar-refractivity contribution in [3.63, 3.8) is 0 Å². The molecule has 0 heterocycles. The summed E-state index contributed by atoms with van der Waals surface area (Å²) in [4.78, 5) is 23.1. The molecule has 1 rings (SSSR count). The fraction of sp³-hybridized carbons (Fsp3) is 0.385. The molecule has 0 spiro atoms. The van der Waals surface area contributed by atoms with Crippen molar-refractivity contribution in [2.45, 2.75) is 25.9 Å². The van der Waals surface area contributed by atoms with Gasteiger partial charge in [-0.25, -0.2) is 4.79 Å². The molecule has 0 aliphatic rings. The van der Waals surface area contributed by atoms with Crippen LogP contribution in [-0.4, -0.2) is 24.5 Å². The Kier molecular flexibility index (Phi) is 5.79. The highest BCUT2D eigenvalue weighted by atomic mass is 35.5. The zero-order chi connectivity index (χ0) is 14.4. The van der Waals surface area contributed by atoms with E-state index in [4.69, 9.17) is 17.3 Å². The smallest absolute Gasteiger partial charge is 0.332 e. The van der Waals surface area contributed by atoms with Crippen LogP contribution >= 0.6 is 11.6 Å². The van der Waals surface area contributed by atoms with Gasteiger partial charge in [0.2, 0.25) is 5.91 Å². The second kappa shape index (κ2) is 7.11. The van der Waals surface area contributed by atoms with Crippen LogP contribution in [0.15, 0.2) is 24.3 Å². The first-order valence-electron chi connectivity index (χ1n) is 5.94. The van der Waals surface area contributed by atoms with E-state index in [1.54, 1.807) is 32.0 Å². The molecule has 0 bridgehead atoms. The molecule has 1 aromatic rings. The Hall–Kier alpha value is -1.59. The monoisotopic (exact) mass is 284 g/mol. The van der Waals surface area contributed by atoms with Gasteiger partial charge in [-0.05, 0) is 25.5 Å². The molecule has 1 aromatic carbocycles. The van der Waals surface area contributed by atoms with Crippen molar-refractivity contribution in [2.24, 2.45) is 5.73 Å². The number of carbonyl (C=O) groups excluding carboxylic acids is 2. The number of amides is 1. The minimum absolute atomic E-state index is 0.180. The van der Waals surface area contributed by atoms with E-state index in [-0.39, 0.29) is 12.6 Å². The molecule has 19 heavy (non-hydrogen) atoms. The van der Waals surface area contributed by atoms with Gasteiger partial charge in [-0.3, -0.25) is 4.79 Å². The molecule has 2 atom stereocenters. The Morgan fingerprint density at radius 2 is 2.05 bits per heavy atom. The van der Waals surface area contributed by atoms with Gasteiger partial charge < -0.3 is 15.8 Å². The maximum Gasteiger partial charge on any atom is 0.332 e. The van der Waals surface area contributed by atoms with Crippen LogP contribution in [0.1, 0.15) is 25.5 Å². The zero-order valence-corrected chi connectivity index (χ0v) is 11.6. The van der Waals surface area contributed by atoms with Crippen molar-refractivity contribution in [1.29, 1.82) is 0 Å². The molecule has 0 aromatic heterocycles. The number of rotatable bonds is 5. The van der Waals surface area contributed by atoms with E-state index < -0.39 is 17.9 Å². The maximum absolute atomic E-state index is 11.8. The standard InChI is InChI=1S/C13H17ClN2O3/c1-3-19-13(18)11(15)12(17)16-8(2)9-6-4-5-7-10(9)14/h4-8,11H,3,15H2,1-2H3,(H,16,17). The summed E-state index contributed by atoms with van der Waals surface area (Å²) in [6, 6.07) is 5.46. The van der Waals surface area contributed by atoms with Crippen LogP contribution in [0.2, 0.25) is 5.02 Å². The summed E-state index contributed by atoms with van der Waals surface area (Å²) in [7, 11) is 0. The van der Waals surface area contributed by atoms with E-state index in [2.05, 4.69) is 10.1 Å². The van der Waals surface area contributed by atoms with Crippen molar-refractivity contribution in [3.05, 3.63) is 34.9 Å². The van der Waals surface area contributed by atoms with Crippen LogP contribution in [0.25, 0.3) is 0 Å². The Labute approximate surface area is 117 Å². The largest absolute Gasteiger partial charge is 0.464 e. The number of hydrogen-bond donors (Lipinski definition) is 2. The average molecular weight is 285 g/mol. The fourth-order valence-corrected chi connectivity index (χ4v) is 1.85.